The average Bonchev–Trinajstić information content (AvgIpc) is 2.87. The molecule has 2 atom stereocenters. The highest BCUT2D eigenvalue weighted by Crippen LogP contribution is 2.36. The number of carbonyl (C=O) groups is 1. The van der Waals surface area contributed by atoms with E-state index >= 15 is 0 Å². The molecule has 0 saturated heterocycles. The molecule has 3 heteroatoms. The maximum absolute atomic E-state index is 12.6. The van der Waals surface area contributed by atoms with Gasteiger partial charge in [0.05, 0.1) is 12.5 Å². The van der Waals surface area contributed by atoms with Gasteiger partial charge >= 0.3 is 5.97 Å². The zero-order chi connectivity index (χ0) is 24.0. The molecule has 0 aliphatic heterocycles. The maximum Gasteiger partial charge on any atom is 0.314 e. The van der Waals surface area contributed by atoms with Gasteiger partial charge in [-0.2, -0.15) is 0 Å². The van der Waals surface area contributed by atoms with Crippen molar-refractivity contribution in [1.29, 1.82) is 0 Å². The third-order valence-corrected chi connectivity index (χ3v) is 8.42. The predicted molar refractivity (Wildman–Crippen MR) is 141 cm³/mol. The molecule has 34 heavy (non-hydrogen) atoms. The van der Waals surface area contributed by atoms with Crippen LogP contribution in [-0.2, 0) is 4.79 Å². The first-order valence-corrected chi connectivity index (χ1v) is 14.6. The van der Waals surface area contributed by atoms with Crippen LogP contribution >= 0.6 is 0 Å². The van der Waals surface area contributed by atoms with Crippen molar-refractivity contribution in [2.75, 3.05) is 6.61 Å². The van der Waals surface area contributed by atoms with E-state index in [1.807, 2.05) is 24.3 Å². The van der Waals surface area contributed by atoms with E-state index in [4.69, 9.17) is 9.47 Å². The van der Waals surface area contributed by atoms with Gasteiger partial charge in [-0.1, -0.05) is 84.5 Å². The second-order valence-electron chi connectivity index (χ2n) is 11.0. The number of benzene rings is 1. The van der Waals surface area contributed by atoms with Gasteiger partial charge in [-0.05, 0) is 80.5 Å². The third kappa shape index (κ3) is 9.27. The van der Waals surface area contributed by atoms with Crippen LogP contribution < -0.4 is 9.47 Å². The number of hydrogen-bond acceptors (Lipinski definition) is 3. The molecule has 0 aromatic heterocycles. The molecule has 3 nitrogen and oxygen atoms in total. The van der Waals surface area contributed by atoms with Crippen molar-refractivity contribution in [1.82, 2.24) is 0 Å². The zero-order valence-corrected chi connectivity index (χ0v) is 22.1. The van der Waals surface area contributed by atoms with E-state index in [1.54, 1.807) is 0 Å². The minimum Gasteiger partial charge on any atom is -0.494 e. The fraction of sp³-hybridized carbons (Fsp3) is 0.774. The molecule has 1 aromatic rings. The molecule has 0 amide bonds. The molecule has 192 valence electrons. The van der Waals surface area contributed by atoms with Gasteiger partial charge in [0.2, 0.25) is 0 Å². The summed E-state index contributed by atoms with van der Waals surface area (Å²) in [6.07, 6.45) is 21.9. The first-order chi connectivity index (χ1) is 16.7. The topological polar surface area (TPSA) is 35.5 Å². The van der Waals surface area contributed by atoms with Gasteiger partial charge in [0.1, 0.15) is 11.5 Å². The Morgan fingerprint density at radius 1 is 0.735 bits per heavy atom. The fourth-order valence-electron chi connectivity index (χ4n) is 6.22. The van der Waals surface area contributed by atoms with Crippen molar-refractivity contribution in [2.45, 2.75) is 123 Å². The second-order valence-corrected chi connectivity index (χ2v) is 11.0. The number of esters is 1. The van der Waals surface area contributed by atoms with Gasteiger partial charge in [-0.3, -0.25) is 4.79 Å². The molecule has 3 rings (SSSR count). The first-order valence-electron chi connectivity index (χ1n) is 14.6. The van der Waals surface area contributed by atoms with Gasteiger partial charge in [0.25, 0.3) is 0 Å². The summed E-state index contributed by atoms with van der Waals surface area (Å²) in [7, 11) is 0. The van der Waals surface area contributed by atoms with Crippen LogP contribution in [0.4, 0.5) is 0 Å². The number of carbonyl (C=O) groups excluding carboxylic acids is 1. The second kappa shape index (κ2) is 15.5. The van der Waals surface area contributed by atoms with Crippen LogP contribution in [-0.4, -0.2) is 12.6 Å². The Balaban J connectivity index is 1.33. The van der Waals surface area contributed by atoms with E-state index in [-0.39, 0.29) is 11.9 Å². The molecular weight excluding hydrogens is 420 g/mol. The van der Waals surface area contributed by atoms with Crippen LogP contribution in [0.5, 0.6) is 11.5 Å². The molecule has 0 spiro atoms. The van der Waals surface area contributed by atoms with Crippen molar-refractivity contribution in [3.63, 3.8) is 0 Å². The summed E-state index contributed by atoms with van der Waals surface area (Å²) >= 11 is 0. The smallest absolute Gasteiger partial charge is 0.314 e. The van der Waals surface area contributed by atoms with Crippen LogP contribution in [0, 0.1) is 23.7 Å². The normalized spacial score (nSPS) is 25.1. The van der Waals surface area contributed by atoms with E-state index in [0.717, 1.165) is 49.4 Å². The standard InChI is InChI=1S/C31H50O3/c1-3-5-7-12-26-13-8-9-14-27(26)15-10-24-33-29-20-22-30(23-21-29)34-31(32)28-18-16-25(17-19-28)11-6-4-2/h20-23,25-28H,3-19,24H2,1-2H3. The molecule has 0 radical (unpaired) electrons. The Morgan fingerprint density at radius 2 is 1.35 bits per heavy atom. The Labute approximate surface area is 209 Å². The quantitative estimate of drug-likeness (QED) is 0.154. The monoisotopic (exact) mass is 470 g/mol. The molecule has 0 bridgehead atoms. The van der Waals surface area contributed by atoms with Crippen molar-refractivity contribution in [3.8, 4) is 11.5 Å². The van der Waals surface area contributed by atoms with Crippen LogP contribution in [0.1, 0.15) is 123 Å². The Bertz CT molecular complexity index is 674. The van der Waals surface area contributed by atoms with Crippen molar-refractivity contribution in [2.24, 2.45) is 23.7 Å². The van der Waals surface area contributed by atoms with E-state index in [1.165, 1.54) is 89.9 Å². The maximum atomic E-state index is 12.6. The number of unbranched alkanes of at least 4 members (excludes halogenated alkanes) is 3. The molecular formula is C31H50O3. The minimum absolute atomic E-state index is 0.0522. The highest BCUT2D eigenvalue weighted by molar-refractivity contribution is 5.75. The molecule has 1 aromatic carbocycles. The van der Waals surface area contributed by atoms with Gasteiger partial charge in [0.15, 0.2) is 0 Å². The van der Waals surface area contributed by atoms with Gasteiger partial charge in [0, 0.05) is 0 Å². The summed E-state index contributed by atoms with van der Waals surface area (Å²) < 4.78 is 11.7. The lowest BCUT2D eigenvalue weighted by molar-refractivity contribution is -0.140. The summed E-state index contributed by atoms with van der Waals surface area (Å²) in [5, 5.41) is 0. The number of rotatable bonds is 14. The van der Waals surface area contributed by atoms with Gasteiger partial charge in [-0.15, -0.1) is 0 Å². The molecule has 2 fully saturated rings. The first kappa shape index (κ1) is 27.1. The molecule has 2 saturated carbocycles. The Kier molecular flexibility index (Phi) is 12.3. The van der Waals surface area contributed by atoms with E-state index in [9.17, 15) is 4.79 Å². The molecule has 2 unspecified atom stereocenters. The highest BCUT2D eigenvalue weighted by atomic mass is 16.5. The van der Waals surface area contributed by atoms with Gasteiger partial charge in [-0.25, -0.2) is 0 Å². The summed E-state index contributed by atoms with van der Waals surface area (Å²) in [6, 6.07) is 7.65. The summed E-state index contributed by atoms with van der Waals surface area (Å²) in [4.78, 5) is 12.6. The van der Waals surface area contributed by atoms with Crippen LogP contribution in [0.3, 0.4) is 0 Å². The summed E-state index contributed by atoms with van der Waals surface area (Å²) in [6.45, 7) is 5.33. The lowest BCUT2D eigenvalue weighted by Gasteiger charge is -2.31. The van der Waals surface area contributed by atoms with E-state index in [0.29, 0.717) is 5.75 Å². The van der Waals surface area contributed by atoms with Gasteiger partial charge < -0.3 is 9.47 Å². The van der Waals surface area contributed by atoms with E-state index in [2.05, 4.69) is 13.8 Å². The summed E-state index contributed by atoms with van der Waals surface area (Å²) in [5.74, 6) is 4.19. The molecule has 2 aliphatic rings. The van der Waals surface area contributed by atoms with Crippen molar-refractivity contribution < 1.29 is 14.3 Å². The van der Waals surface area contributed by atoms with E-state index < -0.39 is 0 Å². The summed E-state index contributed by atoms with van der Waals surface area (Å²) in [5.41, 5.74) is 0. The largest absolute Gasteiger partial charge is 0.494 e. The molecule has 0 heterocycles. The van der Waals surface area contributed by atoms with Crippen LogP contribution in [0.25, 0.3) is 0 Å². The van der Waals surface area contributed by atoms with Crippen LogP contribution in [0.15, 0.2) is 24.3 Å². The molecule has 0 N–H and O–H groups in total. The predicted octanol–water partition coefficient (Wildman–Crippen LogP) is 9.13. The van der Waals surface area contributed by atoms with Crippen molar-refractivity contribution in [3.05, 3.63) is 24.3 Å². The lowest BCUT2D eigenvalue weighted by Crippen LogP contribution is -2.25. The highest BCUT2D eigenvalue weighted by Gasteiger charge is 2.27. The molecule has 2 aliphatic carbocycles. The number of ether oxygens (including phenoxy) is 2. The zero-order valence-electron chi connectivity index (χ0n) is 22.1. The fourth-order valence-corrected chi connectivity index (χ4v) is 6.22. The third-order valence-electron chi connectivity index (χ3n) is 8.42. The lowest BCUT2D eigenvalue weighted by atomic mass is 9.74. The number of hydrogen-bond donors (Lipinski definition) is 0. The van der Waals surface area contributed by atoms with Crippen molar-refractivity contribution >= 4 is 5.97 Å². The minimum atomic E-state index is -0.0522. The Hall–Kier alpha value is -1.51. The SMILES string of the molecule is CCCCCC1CCCCC1CCCOc1ccc(OC(=O)C2CCC(CCCC)CC2)cc1. The van der Waals surface area contributed by atoms with Crippen LogP contribution in [0.2, 0.25) is 0 Å². The Morgan fingerprint density at radius 3 is 2.00 bits per heavy atom. The average molecular weight is 471 g/mol.